The van der Waals surface area contributed by atoms with Crippen LogP contribution in [0.15, 0.2) is 4.52 Å². The normalized spacial score (nSPS) is 15.0. The van der Waals surface area contributed by atoms with Gasteiger partial charge in [0.25, 0.3) is 5.95 Å². The number of fused-ring (bicyclic) bond motifs is 1. The van der Waals surface area contributed by atoms with Crippen LogP contribution in [0.4, 0.5) is 19.1 Å². The molecule has 1 aliphatic rings. The fourth-order valence-electron chi connectivity index (χ4n) is 2.65. The van der Waals surface area contributed by atoms with Gasteiger partial charge in [0.05, 0.1) is 0 Å². The van der Waals surface area contributed by atoms with Crippen molar-refractivity contribution in [3.05, 3.63) is 22.8 Å². The first-order valence-electron chi connectivity index (χ1n) is 7.02. The first-order valence-corrected chi connectivity index (χ1v) is 7.02. The summed E-state index contributed by atoms with van der Waals surface area (Å²) in [6.07, 6.45) is -1.81. The van der Waals surface area contributed by atoms with E-state index >= 15 is 0 Å². The van der Waals surface area contributed by atoms with Gasteiger partial charge in [-0.1, -0.05) is 0 Å². The standard InChI is InChI=1S/C13H16F3N5O/c1-20(2)12-17-10(22-19-12)7-21-9-6-4-3-5-8(9)11(18-21)13(14,15)16/h3-7H2,1-2H3. The molecule has 2 aromatic rings. The monoisotopic (exact) mass is 315 g/mol. The highest BCUT2D eigenvalue weighted by atomic mass is 19.4. The van der Waals surface area contributed by atoms with E-state index in [0.29, 0.717) is 30.0 Å². The molecule has 2 heterocycles. The van der Waals surface area contributed by atoms with Crippen molar-refractivity contribution in [1.82, 2.24) is 19.9 Å². The van der Waals surface area contributed by atoms with Gasteiger partial charge in [0.15, 0.2) is 5.69 Å². The van der Waals surface area contributed by atoms with Crippen LogP contribution in [0.2, 0.25) is 0 Å². The van der Waals surface area contributed by atoms with E-state index in [-0.39, 0.29) is 12.4 Å². The van der Waals surface area contributed by atoms with Crippen LogP contribution in [-0.2, 0) is 25.6 Å². The molecule has 120 valence electrons. The second-order valence-electron chi connectivity index (χ2n) is 5.52. The Hall–Kier alpha value is -2.06. The molecule has 0 bridgehead atoms. The molecule has 22 heavy (non-hydrogen) atoms. The van der Waals surface area contributed by atoms with Gasteiger partial charge in [-0.2, -0.15) is 23.3 Å². The van der Waals surface area contributed by atoms with Crippen LogP contribution in [0.3, 0.4) is 0 Å². The van der Waals surface area contributed by atoms with Crippen LogP contribution in [-0.4, -0.2) is 34.0 Å². The van der Waals surface area contributed by atoms with Crippen molar-refractivity contribution < 1.29 is 17.7 Å². The lowest BCUT2D eigenvalue weighted by Gasteiger charge is -2.14. The van der Waals surface area contributed by atoms with Crippen molar-refractivity contribution in [2.75, 3.05) is 19.0 Å². The summed E-state index contributed by atoms with van der Waals surface area (Å²) >= 11 is 0. The summed E-state index contributed by atoms with van der Waals surface area (Å²) in [5.41, 5.74) is 0.156. The van der Waals surface area contributed by atoms with E-state index < -0.39 is 11.9 Å². The summed E-state index contributed by atoms with van der Waals surface area (Å²) in [6.45, 7) is 0.0548. The molecule has 0 radical (unpaired) electrons. The molecule has 0 N–H and O–H groups in total. The fourth-order valence-corrected chi connectivity index (χ4v) is 2.65. The van der Waals surface area contributed by atoms with E-state index in [9.17, 15) is 13.2 Å². The van der Waals surface area contributed by atoms with E-state index in [2.05, 4.69) is 15.2 Å². The second-order valence-corrected chi connectivity index (χ2v) is 5.52. The van der Waals surface area contributed by atoms with Crippen molar-refractivity contribution in [3.63, 3.8) is 0 Å². The number of rotatable bonds is 3. The van der Waals surface area contributed by atoms with Gasteiger partial charge in [0.2, 0.25) is 5.89 Å². The lowest BCUT2D eigenvalue weighted by atomic mass is 9.95. The highest BCUT2D eigenvalue weighted by Crippen LogP contribution is 2.35. The fraction of sp³-hybridized carbons (Fsp3) is 0.615. The largest absolute Gasteiger partial charge is 0.435 e. The molecule has 0 saturated heterocycles. The van der Waals surface area contributed by atoms with Crippen LogP contribution in [0, 0.1) is 0 Å². The van der Waals surface area contributed by atoms with Gasteiger partial charge < -0.3 is 9.42 Å². The minimum absolute atomic E-state index is 0.0548. The average Bonchev–Trinajstić information content (AvgIpc) is 3.04. The lowest BCUT2D eigenvalue weighted by Crippen LogP contribution is -2.12. The molecule has 2 aromatic heterocycles. The third-order valence-corrected chi connectivity index (χ3v) is 3.67. The smallest absolute Gasteiger partial charge is 0.344 e. The van der Waals surface area contributed by atoms with Gasteiger partial charge in [-0.3, -0.25) is 4.68 Å². The van der Waals surface area contributed by atoms with Crippen molar-refractivity contribution >= 4 is 5.95 Å². The minimum atomic E-state index is -4.43. The van der Waals surface area contributed by atoms with E-state index in [4.69, 9.17) is 4.52 Å². The third kappa shape index (κ3) is 2.67. The number of anilines is 1. The van der Waals surface area contributed by atoms with Crippen LogP contribution >= 0.6 is 0 Å². The second kappa shape index (κ2) is 5.29. The topological polar surface area (TPSA) is 60.0 Å². The Morgan fingerprint density at radius 2 is 1.95 bits per heavy atom. The van der Waals surface area contributed by atoms with Crippen molar-refractivity contribution in [1.29, 1.82) is 0 Å². The van der Waals surface area contributed by atoms with Gasteiger partial charge in [-0.25, -0.2) is 0 Å². The molecule has 6 nitrogen and oxygen atoms in total. The molecule has 1 aliphatic carbocycles. The first-order chi connectivity index (χ1) is 10.4. The molecule has 0 atom stereocenters. The zero-order chi connectivity index (χ0) is 15.9. The molecule has 0 aromatic carbocycles. The molecular formula is C13H16F3N5O. The minimum Gasteiger partial charge on any atom is -0.344 e. The molecule has 0 saturated carbocycles. The van der Waals surface area contributed by atoms with E-state index in [1.165, 1.54) is 4.68 Å². The quantitative estimate of drug-likeness (QED) is 0.869. The van der Waals surface area contributed by atoms with Crippen LogP contribution in [0.25, 0.3) is 0 Å². The predicted molar refractivity (Wildman–Crippen MR) is 71.6 cm³/mol. The molecule has 0 unspecified atom stereocenters. The summed E-state index contributed by atoms with van der Waals surface area (Å²) in [5.74, 6) is 0.625. The Kier molecular flexibility index (Phi) is 3.57. The number of alkyl halides is 3. The number of aromatic nitrogens is 4. The van der Waals surface area contributed by atoms with Gasteiger partial charge in [0.1, 0.15) is 6.54 Å². The Bertz CT molecular complexity index is 674. The van der Waals surface area contributed by atoms with E-state index in [1.54, 1.807) is 19.0 Å². The van der Waals surface area contributed by atoms with Crippen LogP contribution in [0.5, 0.6) is 0 Å². The first kappa shape index (κ1) is 14.9. The number of hydrogen-bond donors (Lipinski definition) is 0. The number of nitrogens with zero attached hydrogens (tertiary/aromatic N) is 5. The molecule has 3 rings (SSSR count). The Balaban J connectivity index is 1.94. The van der Waals surface area contributed by atoms with Gasteiger partial charge in [-0.15, -0.1) is 0 Å². The highest BCUT2D eigenvalue weighted by molar-refractivity contribution is 5.31. The maximum atomic E-state index is 13.1. The number of halogens is 3. The van der Waals surface area contributed by atoms with E-state index in [0.717, 1.165) is 12.8 Å². The summed E-state index contributed by atoms with van der Waals surface area (Å²) in [7, 11) is 3.51. The summed E-state index contributed by atoms with van der Waals surface area (Å²) in [4.78, 5) is 5.79. The van der Waals surface area contributed by atoms with Crippen LogP contribution < -0.4 is 4.90 Å². The summed E-state index contributed by atoms with van der Waals surface area (Å²) in [6, 6.07) is 0. The third-order valence-electron chi connectivity index (χ3n) is 3.67. The van der Waals surface area contributed by atoms with Crippen molar-refractivity contribution in [3.8, 4) is 0 Å². The Morgan fingerprint density at radius 1 is 1.23 bits per heavy atom. The molecule has 0 amide bonds. The molecular weight excluding hydrogens is 299 g/mol. The lowest BCUT2D eigenvalue weighted by molar-refractivity contribution is -0.142. The SMILES string of the molecule is CN(C)c1noc(Cn2nc(C(F)(F)F)c3c2CCCC3)n1. The Labute approximate surface area is 124 Å². The Morgan fingerprint density at radius 3 is 2.59 bits per heavy atom. The van der Waals surface area contributed by atoms with Crippen molar-refractivity contribution in [2.45, 2.75) is 38.4 Å². The molecule has 0 aliphatic heterocycles. The van der Waals surface area contributed by atoms with E-state index in [1.807, 2.05) is 0 Å². The molecule has 0 spiro atoms. The predicted octanol–water partition coefficient (Wildman–Crippen LogP) is 2.28. The molecule has 0 fully saturated rings. The average molecular weight is 315 g/mol. The maximum absolute atomic E-state index is 13.1. The van der Waals surface area contributed by atoms with Crippen molar-refractivity contribution in [2.24, 2.45) is 0 Å². The van der Waals surface area contributed by atoms with Gasteiger partial charge in [-0.05, 0) is 30.8 Å². The number of hydrogen-bond acceptors (Lipinski definition) is 5. The summed E-state index contributed by atoms with van der Waals surface area (Å²) in [5, 5.41) is 7.52. The summed E-state index contributed by atoms with van der Waals surface area (Å²) < 4.78 is 45.7. The van der Waals surface area contributed by atoms with Crippen LogP contribution in [0.1, 0.15) is 35.7 Å². The zero-order valence-electron chi connectivity index (χ0n) is 12.3. The zero-order valence-corrected chi connectivity index (χ0v) is 12.3. The highest BCUT2D eigenvalue weighted by Gasteiger charge is 2.39. The maximum Gasteiger partial charge on any atom is 0.435 e. The van der Waals surface area contributed by atoms with Gasteiger partial charge >= 0.3 is 6.18 Å². The molecule has 9 heteroatoms. The van der Waals surface area contributed by atoms with Gasteiger partial charge in [0, 0.05) is 25.4 Å².